The molecule has 2 N–H and O–H groups in total. The van der Waals surface area contributed by atoms with Gasteiger partial charge in [0.15, 0.2) is 11.6 Å². The van der Waals surface area contributed by atoms with Crippen LogP contribution >= 0.6 is 0 Å². The average molecular weight is 199 g/mol. The van der Waals surface area contributed by atoms with Gasteiger partial charge in [0.1, 0.15) is 0 Å². The Hall–Kier alpha value is -0.960. The molecule has 0 radical (unpaired) electrons. The van der Waals surface area contributed by atoms with Gasteiger partial charge in [-0.15, -0.1) is 0 Å². The molecule has 1 rings (SSSR count). The van der Waals surface area contributed by atoms with Crippen LogP contribution in [0.25, 0.3) is 0 Å². The van der Waals surface area contributed by atoms with Gasteiger partial charge in [0.05, 0.1) is 0 Å². The number of hydrogen-bond donors (Lipinski definition) is 1. The van der Waals surface area contributed by atoms with Crippen molar-refractivity contribution in [3.63, 3.8) is 0 Å². The van der Waals surface area contributed by atoms with E-state index < -0.39 is 17.2 Å². The Bertz CT molecular complexity index is 319. The molecule has 0 amide bonds. The number of rotatable bonds is 3. The van der Waals surface area contributed by atoms with E-state index in [1.165, 1.54) is 6.07 Å². The highest BCUT2D eigenvalue weighted by Crippen LogP contribution is 2.26. The monoisotopic (exact) mass is 199 g/mol. The van der Waals surface area contributed by atoms with Crippen LogP contribution in [0.1, 0.15) is 32.3 Å². The third kappa shape index (κ3) is 1.93. The van der Waals surface area contributed by atoms with Crippen LogP contribution in [0, 0.1) is 11.6 Å². The van der Waals surface area contributed by atoms with E-state index in [-0.39, 0.29) is 0 Å². The minimum atomic E-state index is -0.834. The van der Waals surface area contributed by atoms with Crippen molar-refractivity contribution in [1.82, 2.24) is 0 Å². The van der Waals surface area contributed by atoms with Gasteiger partial charge in [-0.1, -0.05) is 19.9 Å². The lowest BCUT2D eigenvalue weighted by molar-refractivity contribution is 0.407. The summed E-state index contributed by atoms with van der Waals surface area (Å²) in [6, 6.07) is 3.85. The third-order valence-electron chi connectivity index (χ3n) is 2.76. The first-order valence-electron chi connectivity index (χ1n) is 4.78. The van der Waals surface area contributed by atoms with E-state index >= 15 is 0 Å². The molecule has 0 spiro atoms. The van der Waals surface area contributed by atoms with Crippen molar-refractivity contribution in [3.05, 3.63) is 35.4 Å². The molecule has 0 saturated heterocycles. The van der Waals surface area contributed by atoms with E-state index in [2.05, 4.69) is 0 Å². The number of halogens is 2. The second-order valence-corrected chi connectivity index (χ2v) is 3.49. The quantitative estimate of drug-likeness (QED) is 0.795. The van der Waals surface area contributed by atoms with E-state index in [9.17, 15) is 8.78 Å². The minimum absolute atomic E-state index is 0.547. The highest BCUT2D eigenvalue weighted by atomic mass is 19.2. The number of hydrogen-bond acceptors (Lipinski definition) is 1. The molecule has 0 bridgehead atoms. The summed E-state index contributed by atoms with van der Waals surface area (Å²) < 4.78 is 25.6. The van der Waals surface area contributed by atoms with Gasteiger partial charge >= 0.3 is 0 Å². The van der Waals surface area contributed by atoms with Crippen LogP contribution in [-0.4, -0.2) is 0 Å². The van der Waals surface area contributed by atoms with E-state index in [0.717, 1.165) is 6.07 Å². The van der Waals surface area contributed by atoms with E-state index in [1.54, 1.807) is 6.07 Å². The van der Waals surface area contributed by atoms with Crippen molar-refractivity contribution in [1.29, 1.82) is 0 Å². The maximum absolute atomic E-state index is 13.0. The summed E-state index contributed by atoms with van der Waals surface area (Å²) >= 11 is 0. The lowest BCUT2D eigenvalue weighted by atomic mass is 9.86. The van der Waals surface area contributed by atoms with Gasteiger partial charge < -0.3 is 5.73 Å². The molecule has 78 valence electrons. The molecule has 0 aliphatic carbocycles. The molecule has 0 saturated carbocycles. The molecular formula is C11H15F2N. The maximum atomic E-state index is 13.0. The van der Waals surface area contributed by atoms with Gasteiger partial charge in [0.2, 0.25) is 0 Å². The zero-order valence-corrected chi connectivity index (χ0v) is 8.48. The molecular weight excluding hydrogens is 184 g/mol. The highest BCUT2D eigenvalue weighted by Gasteiger charge is 2.23. The van der Waals surface area contributed by atoms with Gasteiger partial charge in [0.25, 0.3) is 0 Å². The first-order valence-corrected chi connectivity index (χ1v) is 4.78. The fourth-order valence-corrected chi connectivity index (χ4v) is 1.46. The summed E-state index contributed by atoms with van der Waals surface area (Å²) in [7, 11) is 0. The van der Waals surface area contributed by atoms with Crippen molar-refractivity contribution in [2.75, 3.05) is 0 Å². The molecule has 0 fully saturated rings. The standard InChI is InChI=1S/C11H15F2N/c1-3-11(14,4-2)8-5-6-9(12)10(13)7-8/h5-7H,3-4,14H2,1-2H3. The SMILES string of the molecule is CCC(N)(CC)c1ccc(F)c(F)c1. The molecule has 1 nitrogen and oxygen atoms in total. The average Bonchev–Trinajstić information content (AvgIpc) is 2.21. The lowest BCUT2D eigenvalue weighted by Gasteiger charge is -2.27. The Labute approximate surface area is 82.9 Å². The molecule has 3 heteroatoms. The predicted molar refractivity (Wildman–Crippen MR) is 52.8 cm³/mol. The Balaban J connectivity index is 3.12. The summed E-state index contributed by atoms with van der Waals surface area (Å²) in [6.07, 6.45) is 1.41. The van der Waals surface area contributed by atoms with E-state index in [4.69, 9.17) is 5.73 Å². The second-order valence-electron chi connectivity index (χ2n) is 3.49. The molecule has 0 heterocycles. The van der Waals surface area contributed by atoms with E-state index in [1.807, 2.05) is 13.8 Å². The Morgan fingerprint density at radius 1 is 1.14 bits per heavy atom. The van der Waals surface area contributed by atoms with Crippen molar-refractivity contribution < 1.29 is 8.78 Å². The first-order chi connectivity index (χ1) is 6.53. The molecule has 0 aromatic heterocycles. The Morgan fingerprint density at radius 2 is 1.71 bits per heavy atom. The van der Waals surface area contributed by atoms with Gasteiger partial charge in [-0.3, -0.25) is 0 Å². The number of nitrogens with two attached hydrogens (primary N) is 1. The largest absolute Gasteiger partial charge is 0.321 e. The maximum Gasteiger partial charge on any atom is 0.159 e. The van der Waals surface area contributed by atoms with Crippen LogP contribution in [0.15, 0.2) is 18.2 Å². The van der Waals surface area contributed by atoms with Crippen molar-refractivity contribution in [3.8, 4) is 0 Å². The normalized spacial score (nSPS) is 11.8. The molecule has 14 heavy (non-hydrogen) atoms. The third-order valence-corrected chi connectivity index (χ3v) is 2.76. The molecule has 1 aromatic rings. The van der Waals surface area contributed by atoms with Gasteiger partial charge in [0, 0.05) is 5.54 Å². The highest BCUT2D eigenvalue weighted by molar-refractivity contribution is 5.25. The van der Waals surface area contributed by atoms with Crippen molar-refractivity contribution in [2.45, 2.75) is 32.2 Å². The predicted octanol–water partition coefficient (Wildman–Crippen LogP) is 2.94. The van der Waals surface area contributed by atoms with Gasteiger partial charge in [-0.25, -0.2) is 8.78 Å². The molecule has 1 aromatic carbocycles. The first kappa shape index (κ1) is 11.1. The summed E-state index contributed by atoms with van der Waals surface area (Å²) in [5.74, 6) is -1.66. The fraction of sp³-hybridized carbons (Fsp3) is 0.455. The smallest absolute Gasteiger partial charge is 0.159 e. The van der Waals surface area contributed by atoms with Crippen LogP contribution in [0.5, 0.6) is 0 Å². The fourth-order valence-electron chi connectivity index (χ4n) is 1.46. The summed E-state index contributed by atoms with van der Waals surface area (Å²) in [5, 5.41) is 0. The van der Waals surface area contributed by atoms with E-state index in [0.29, 0.717) is 18.4 Å². The van der Waals surface area contributed by atoms with Crippen LogP contribution in [-0.2, 0) is 5.54 Å². The van der Waals surface area contributed by atoms with Gasteiger partial charge in [-0.2, -0.15) is 0 Å². The Kier molecular flexibility index (Phi) is 3.21. The Morgan fingerprint density at radius 3 is 2.14 bits per heavy atom. The summed E-state index contributed by atoms with van der Waals surface area (Å²) in [4.78, 5) is 0. The van der Waals surface area contributed by atoms with Crippen molar-refractivity contribution in [2.24, 2.45) is 5.73 Å². The number of benzene rings is 1. The summed E-state index contributed by atoms with van der Waals surface area (Å²) in [5.41, 5.74) is 6.15. The minimum Gasteiger partial charge on any atom is -0.321 e. The topological polar surface area (TPSA) is 26.0 Å². The summed E-state index contributed by atoms with van der Waals surface area (Å²) in [6.45, 7) is 3.87. The van der Waals surface area contributed by atoms with Crippen LogP contribution in [0.2, 0.25) is 0 Å². The van der Waals surface area contributed by atoms with Gasteiger partial charge in [-0.05, 0) is 30.5 Å². The zero-order chi connectivity index (χ0) is 10.8. The van der Waals surface area contributed by atoms with Crippen LogP contribution < -0.4 is 5.73 Å². The molecule has 0 unspecified atom stereocenters. The van der Waals surface area contributed by atoms with Crippen LogP contribution in [0.4, 0.5) is 8.78 Å². The van der Waals surface area contributed by atoms with Crippen molar-refractivity contribution >= 4 is 0 Å². The zero-order valence-electron chi connectivity index (χ0n) is 8.48. The second kappa shape index (κ2) is 4.05. The molecule has 0 aliphatic rings. The lowest BCUT2D eigenvalue weighted by Crippen LogP contribution is -2.35. The molecule has 0 atom stereocenters. The molecule has 0 aliphatic heterocycles. The van der Waals surface area contributed by atoms with Crippen LogP contribution in [0.3, 0.4) is 0 Å².